The maximum absolute atomic E-state index is 12.0. The normalized spacial score (nSPS) is 19.3. The van der Waals surface area contributed by atoms with E-state index in [0.29, 0.717) is 13.1 Å². The highest BCUT2D eigenvalue weighted by molar-refractivity contribution is 6.05. The Hall–Kier alpha value is -1.82. The molecule has 0 bridgehead atoms. The third-order valence-electron chi connectivity index (χ3n) is 3.06. The van der Waals surface area contributed by atoms with Crippen molar-refractivity contribution in [2.45, 2.75) is 39.3 Å². The van der Waals surface area contributed by atoms with E-state index in [4.69, 9.17) is 0 Å². The van der Waals surface area contributed by atoms with E-state index in [2.05, 4.69) is 15.3 Å². The molecule has 1 aliphatic heterocycles. The van der Waals surface area contributed by atoms with Crippen LogP contribution >= 0.6 is 0 Å². The Bertz CT molecular complexity index is 472. The predicted molar refractivity (Wildman–Crippen MR) is 69.0 cm³/mol. The number of hydrogen-bond donors (Lipinski definition) is 1. The molecule has 1 unspecified atom stereocenters. The van der Waals surface area contributed by atoms with Crippen LogP contribution in [0.25, 0.3) is 0 Å². The van der Waals surface area contributed by atoms with Crippen LogP contribution in [0.2, 0.25) is 0 Å². The van der Waals surface area contributed by atoms with Crippen molar-refractivity contribution >= 4 is 11.8 Å². The number of nitrogens with one attached hydrogen (secondary N) is 1. The molecule has 1 saturated heterocycles. The molecule has 2 heterocycles. The summed E-state index contributed by atoms with van der Waals surface area (Å²) in [6.07, 6.45) is 4.38. The molecule has 1 atom stereocenters. The summed E-state index contributed by atoms with van der Waals surface area (Å²) in [5.74, 6) is -0.230. The molecule has 0 aromatic carbocycles. The SMILES string of the molecule is CCCN1C(=O)CC(NCc2cnc(C)cn2)C1=O. The van der Waals surface area contributed by atoms with Gasteiger partial charge in [0.15, 0.2) is 0 Å². The Labute approximate surface area is 112 Å². The van der Waals surface area contributed by atoms with E-state index in [1.807, 2.05) is 13.8 Å². The van der Waals surface area contributed by atoms with Crippen molar-refractivity contribution in [2.24, 2.45) is 0 Å². The van der Waals surface area contributed by atoms with Crippen LogP contribution in [-0.2, 0) is 16.1 Å². The Morgan fingerprint density at radius 3 is 2.79 bits per heavy atom. The van der Waals surface area contributed by atoms with Crippen molar-refractivity contribution in [3.05, 3.63) is 23.8 Å². The van der Waals surface area contributed by atoms with Gasteiger partial charge in [0.05, 0.1) is 23.9 Å². The topological polar surface area (TPSA) is 75.2 Å². The number of rotatable bonds is 5. The van der Waals surface area contributed by atoms with E-state index < -0.39 is 6.04 Å². The second-order valence-electron chi connectivity index (χ2n) is 4.67. The highest BCUT2D eigenvalue weighted by Gasteiger charge is 2.37. The van der Waals surface area contributed by atoms with Crippen LogP contribution < -0.4 is 5.32 Å². The van der Waals surface area contributed by atoms with Crippen molar-refractivity contribution in [1.29, 1.82) is 0 Å². The number of imide groups is 1. The lowest BCUT2D eigenvalue weighted by Gasteiger charge is -2.14. The summed E-state index contributed by atoms with van der Waals surface area (Å²) >= 11 is 0. The molecule has 19 heavy (non-hydrogen) atoms. The predicted octanol–water partition coefficient (Wildman–Crippen LogP) is 0.412. The molecule has 1 fully saturated rings. The standard InChI is InChI=1S/C13H18N4O2/c1-3-4-17-12(18)5-11(13(17)19)16-8-10-7-14-9(2)6-15-10/h6-7,11,16H,3-5,8H2,1-2H3. The van der Waals surface area contributed by atoms with Gasteiger partial charge in [0, 0.05) is 25.5 Å². The van der Waals surface area contributed by atoms with Gasteiger partial charge < -0.3 is 0 Å². The molecular formula is C13H18N4O2. The maximum atomic E-state index is 12.0. The molecule has 6 nitrogen and oxygen atoms in total. The molecule has 1 aromatic heterocycles. The molecule has 2 rings (SSSR count). The summed E-state index contributed by atoms with van der Waals surface area (Å²) in [7, 11) is 0. The molecule has 2 amide bonds. The summed E-state index contributed by atoms with van der Waals surface area (Å²) in [6, 6.07) is -0.429. The second-order valence-corrected chi connectivity index (χ2v) is 4.67. The number of carbonyl (C=O) groups excluding carboxylic acids is 2. The van der Waals surface area contributed by atoms with Crippen LogP contribution in [0.3, 0.4) is 0 Å². The molecule has 0 spiro atoms. The Kier molecular flexibility index (Phi) is 4.21. The number of aromatic nitrogens is 2. The fourth-order valence-corrected chi connectivity index (χ4v) is 2.04. The van der Waals surface area contributed by atoms with Crippen LogP contribution in [0, 0.1) is 6.92 Å². The first-order valence-electron chi connectivity index (χ1n) is 6.47. The molecule has 1 N–H and O–H groups in total. The first kappa shape index (κ1) is 13.6. The Morgan fingerprint density at radius 2 is 2.16 bits per heavy atom. The first-order valence-corrected chi connectivity index (χ1v) is 6.47. The van der Waals surface area contributed by atoms with E-state index in [9.17, 15) is 9.59 Å². The lowest BCUT2D eigenvalue weighted by Crippen LogP contribution is -2.38. The van der Waals surface area contributed by atoms with Crippen LogP contribution in [0.1, 0.15) is 31.2 Å². The molecule has 0 saturated carbocycles. The Morgan fingerprint density at radius 1 is 1.37 bits per heavy atom. The molecule has 1 aliphatic rings. The van der Waals surface area contributed by atoms with E-state index >= 15 is 0 Å². The van der Waals surface area contributed by atoms with Gasteiger partial charge in [-0.3, -0.25) is 29.8 Å². The zero-order valence-electron chi connectivity index (χ0n) is 11.2. The average Bonchev–Trinajstić information content (AvgIpc) is 2.66. The third-order valence-corrected chi connectivity index (χ3v) is 3.06. The van der Waals surface area contributed by atoms with E-state index in [0.717, 1.165) is 17.8 Å². The summed E-state index contributed by atoms with van der Waals surface area (Å²) in [5.41, 5.74) is 1.62. The van der Waals surface area contributed by atoms with Gasteiger partial charge in [0.2, 0.25) is 11.8 Å². The second kappa shape index (κ2) is 5.88. The van der Waals surface area contributed by atoms with Gasteiger partial charge in [-0.05, 0) is 13.3 Å². The van der Waals surface area contributed by atoms with Gasteiger partial charge in [-0.1, -0.05) is 6.92 Å². The lowest BCUT2D eigenvalue weighted by molar-refractivity contribution is -0.138. The molecule has 0 radical (unpaired) electrons. The Balaban J connectivity index is 1.92. The third kappa shape index (κ3) is 3.14. The average molecular weight is 262 g/mol. The van der Waals surface area contributed by atoms with Gasteiger partial charge in [0.1, 0.15) is 0 Å². The molecule has 1 aromatic rings. The van der Waals surface area contributed by atoms with Crippen molar-refractivity contribution < 1.29 is 9.59 Å². The van der Waals surface area contributed by atoms with Gasteiger partial charge in [-0.2, -0.15) is 0 Å². The quantitative estimate of drug-likeness (QED) is 0.778. The van der Waals surface area contributed by atoms with E-state index in [-0.39, 0.29) is 18.2 Å². The van der Waals surface area contributed by atoms with Crippen molar-refractivity contribution in [1.82, 2.24) is 20.2 Å². The number of aryl methyl sites for hydroxylation is 1. The fraction of sp³-hybridized carbons (Fsp3) is 0.538. The number of hydrogen-bond acceptors (Lipinski definition) is 5. The zero-order valence-corrected chi connectivity index (χ0v) is 11.2. The largest absolute Gasteiger partial charge is 0.300 e. The highest BCUT2D eigenvalue weighted by atomic mass is 16.2. The van der Waals surface area contributed by atoms with Crippen molar-refractivity contribution in [3.8, 4) is 0 Å². The van der Waals surface area contributed by atoms with Gasteiger partial charge >= 0.3 is 0 Å². The van der Waals surface area contributed by atoms with Crippen LogP contribution in [0.15, 0.2) is 12.4 Å². The molecule has 6 heteroatoms. The van der Waals surface area contributed by atoms with Crippen molar-refractivity contribution in [3.63, 3.8) is 0 Å². The van der Waals surface area contributed by atoms with Crippen LogP contribution in [0.4, 0.5) is 0 Å². The van der Waals surface area contributed by atoms with E-state index in [1.54, 1.807) is 12.4 Å². The van der Waals surface area contributed by atoms with Crippen LogP contribution in [-0.4, -0.2) is 39.3 Å². The lowest BCUT2D eigenvalue weighted by atomic mass is 10.2. The highest BCUT2D eigenvalue weighted by Crippen LogP contribution is 2.13. The minimum atomic E-state index is -0.429. The smallest absolute Gasteiger partial charge is 0.246 e. The van der Waals surface area contributed by atoms with Gasteiger partial charge in [0.25, 0.3) is 0 Å². The van der Waals surface area contributed by atoms with Crippen molar-refractivity contribution in [2.75, 3.05) is 6.54 Å². The summed E-state index contributed by atoms with van der Waals surface area (Å²) in [4.78, 5) is 33.3. The van der Waals surface area contributed by atoms with Crippen LogP contribution in [0.5, 0.6) is 0 Å². The summed E-state index contributed by atoms with van der Waals surface area (Å²) in [5, 5.41) is 3.07. The molecular weight excluding hydrogens is 244 g/mol. The first-order chi connectivity index (χ1) is 9.11. The maximum Gasteiger partial charge on any atom is 0.246 e. The van der Waals surface area contributed by atoms with Gasteiger partial charge in [-0.15, -0.1) is 0 Å². The number of amides is 2. The molecule has 0 aliphatic carbocycles. The number of likely N-dealkylation sites (tertiary alicyclic amines) is 1. The number of nitrogens with zero attached hydrogens (tertiary/aromatic N) is 3. The zero-order chi connectivity index (χ0) is 13.8. The summed E-state index contributed by atoms with van der Waals surface area (Å²) < 4.78 is 0. The number of carbonyl (C=O) groups is 2. The fourth-order valence-electron chi connectivity index (χ4n) is 2.04. The molecule has 102 valence electrons. The minimum absolute atomic E-state index is 0.0978. The summed E-state index contributed by atoms with van der Waals surface area (Å²) in [6.45, 7) is 4.76. The minimum Gasteiger partial charge on any atom is -0.300 e. The van der Waals surface area contributed by atoms with Gasteiger partial charge in [-0.25, -0.2) is 0 Å². The monoisotopic (exact) mass is 262 g/mol. The van der Waals surface area contributed by atoms with E-state index in [1.165, 1.54) is 4.90 Å².